The van der Waals surface area contributed by atoms with Gasteiger partial charge in [-0.3, -0.25) is 0 Å². The van der Waals surface area contributed by atoms with E-state index in [0.717, 1.165) is 19.5 Å². The Hall–Kier alpha value is -0.810. The summed E-state index contributed by atoms with van der Waals surface area (Å²) in [6.45, 7) is 8.44. The highest BCUT2D eigenvalue weighted by molar-refractivity contribution is 5.68. The molecule has 0 unspecified atom stereocenters. The average Bonchev–Trinajstić information content (AvgIpc) is 2.68. The fourth-order valence-electron chi connectivity index (χ4n) is 2.82. The molecule has 0 aromatic heterocycles. The molecule has 0 spiro atoms. The highest BCUT2D eigenvalue weighted by Gasteiger charge is 2.41. The number of hydrogen-bond donors (Lipinski definition) is 1. The van der Waals surface area contributed by atoms with Gasteiger partial charge in [0.25, 0.3) is 0 Å². The zero-order valence-electron chi connectivity index (χ0n) is 11.5. The first-order chi connectivity index (χ1) is 8.40. The smallest absolute Gasteiger partial charge is 0.410 e. The Labute approximate surface area is 109 Å². The standard InChI is InChI=1S/C13H24N2O3/c1-13(2,3)18-12(16)15-5-4-10-9(7-15)8-17-11(10)6-14/h9-11H,4-8,14H2,1-3H3/t9-,10-,11-/m1/s1. The second kappa shape index (κ2) is 5.05. The monoisotopic (exact) mass is 256 g/mol. The topological polar surface area (TPSA) is 64.8 Å². The Morgan fingerprint density at radius 3 is 2.83 bits per heavy atom. The van der Waals surface area contributed by atoms with Crippen LogP contribution in [0.1, 0.15) is 27.2 Å². The number of piperidine rings is 1. The van der Waals surface area contributed by atoms with Crippen LogP contribution >= 0.6 is 0 Å². The maximum absolute atomic E-state index is 12.0. The number of carbonyl (C=O) groups is 1. The second-order valence-electron chi connectivity index (χ2n) is 6.25. The normalized spacial score (nSPS) is 32.2. The van der Waals surface area contributed by atoms with E-state index in [1.807, 2.05) is 20.8 Å². The zero-order chi connectivity index (χ0) is 13.3. The van der Waals surface area contributed by atoms with Gasteiger partial charge in [0.05, 0.1) is 12.7 Å². The summed E-state index contributed by atoms with van der Waals surface area (Å²) in [5.41, 5.74) is 5.26. The van der Waals surface area contributed by atoms with Gasteiger partial charge < -0.3 is 20.1 Å². The third-order valence-corrected chi connectivity index (χ3v) is 3.68. The molecule has 2 aliphatic heterocycles. The molecule has 18 heavy (non-hydrogen) atoms. The molecule has 0 aliphatic carbocycles. The van der Waals surface area contributed by atoms with E-state index in [9.17, 15) is 4.79 Å². The number of amides is 1. The molecule has 5 nitrogen and oxygen atoms in total. The van der Waals surface area contributed by atoms with Gasteiger partial charge in [-0.1, -0.05) is 0 Å². The highest BCUT2D eigenvalue weighted by Crippen LogP contribution is 2.34. The first-order valence-electron chi connectivity index (χ1n) is 6.70. The number of hydrogen-bond acceptors (Lipinski definition) is 4. The summed E-state index contributed by atoms with van der Waals surface area (Å²) < 4.78 is 11.1. The minimum absolute atomic E-state index is 0.177. The Morgan fingerprint density at radius 2 is 2.22 bits per heavy atom. The zero-order valence-corrected chi connectivity index (χ0v) is 11.5. The van der Waals surface area contributed by atoms with E-state index in [1.165, 1.54) is 0 Å². The van der Waals surface area contributed by atoms with Gasteiger partial charge in [-0.05, 0) is 33.1 Å². The molecule has 0 aromatic carbocycles. The van der Waals surface area contributed by atoms with Gasteiger partial charge in [0.1, 0.15) is 5.60 Å². The minimum atomic E-state index is -0.431. The second-order valence-corrected chi connectivity index (χ2v) is 6.25. The minimum Gasteiger partial charge on any atom is -0.444 e. The van der Waals surface area contributed by atoms with Gasteiger partial charge in [-0.2, -0.15) is 0 Å². The number of nitrogens with two attached hydrogens (primary N) is 1. The van der Waals surface area contributed by atoms with Crippen molar-refractivity contribution in [2.24, 2.45) is 17.6 Å². The molecule has 2 aliphatic rings. The maximum atomic E-state index is 12.0. The van der Waals surface area contributed by atoms with Crippen LogP contribution in [0.15, 0.2) is 0 Å². The van der Waals surface area contributed by atoms with Crippen LogP contribution in [0.25, 0.3) is 0 Å². The Morgan fingerprint density at radius 1 is 1.50 bits per heavy atom. The van der Waals surface area contributed by atoms with E-state index in [-0.39, 0.29) is 12.2 Å². The SMILES string of the molecule is CC(C)(C)OC(=O)N1CC[C@@H]2[C@@H](CO[C@@H]2CN)C1. The van der Waals surface area contributed by atoms with E-state index in [1.54, 1.807) is 4.90 Å². The summed E-state index contributed by atoms with van der Waals surface area (Å²) in [6.07, 6.45) is 0.930. The summed E-state index contributed by atoms with van der Waals surface area (Å²) in [4.78, 5) is 13.8. The predicted octanol–water partition coefficient (Wildman–Crippen LogP) is 1.22. The molecule has 0 radical (unpaired) electrons. The Balaban J connectivity index is 1.90. The molecular weight excluding hydrogens is 232 g/mol. The van der Waals surface area contributed by atoms with Crippen molar-refractivity contribution in [3.8, 4) is 0 Å². The van der Waals surface area contributed by atoms with Crippen molar-refractivity contribution < 1.29 is 14.3 Å². The lowest BCUT2D eigenvalue weighted by Crippen LogP contribution is -2.47. The summed E-state index contributed by atoms with van der Waals surface area (Å²) in [7, 11) is 0. The van der Waals surface area contributed by atoms with Crippen molar-refractivity contribution in [3.63, 3.8) is 0 Å². The number of fused-ring (bicyclic) bond motifs is 1. The van der Waals surface area contributed by atoms with Crippen LogP contribution < -0.4 is 5.73 Å². The third kappa shape index (κ3) is 2.95. The molecule has 1 amide bonds. The van der Waals surface area contributed by atoms with Crippen molar-refractivity contribution >= 4 is 6.09 Å². The lowest BCUT2D eigenvalue weighted by atomic mass is 9.84. The Bertz CT molecular complexity index is 314. The van der Waals surface area contributed by atoms with Crippen LogP contribution in [-0.4, -0.2) is 48.9 Å². The molecule has 3 atom stereocenters. The predicted molar refractivity (Wildman–Crippen MR) is 68.2 cm³/mol. The molecule has 0 saturated carbocycles. The molecule has 0 aromatic rings. The number of nitrogens with zero attached hydrogens (tertiary/aromatic N) is 1. The van der Waals surface area contributed by atoms with Crippen LogP contribution in [-0.2, 0) is 9.47 Å². The van der Waals surface area contributed by atoms with Gasteiger partial charge in [0, 0.05) is 25.6 Å². The first-order valence-corrected chi connectivity index (χ1v) is 6.70. The third-order valence-electron chi connectivity index (χ3n) is 3.68. The highest BCUT2D eigenvalue weighted by atomic mass is 16.6. The number of carbonyl (C=O) groups excluding carboxylic acids is 1. The molecule has 104 valence electrons. The van der Waals surface area contributed by atoms with Gasteiger partial charge >= 0.3 is 6.09 Å². The van der Waals surface area contributed by atoms with Gasteiger partial charge in [-0.25, -0.2) is 4.79 Å². The Kier molecular flexibility index (Phi) is 3.82. The molecule has 0 bridgehead atoms. The maximum Gasteiger partial charge on any atom is 0.410 e. The van der Waals surface area contributed by atoms with E-state index < -0.39 is 5.60 Å². The lowest BCUT2D eigenvalue weighted by molar-refractivity contribution is 0.0127. The summed E-state index contributed by atoms with van der Waals surface area (Å²) >= 11 is 0. The quantitative estimate of drug-likeness (QED) is 0.766. The molecule has 2 N–H and O–H groups in total. The van der Waals surface area contributed by atoms with Crippen molar-refractivity contribution in [1.82, 2.24) is 4.90 Å². The van der Waals surface area contributed by atoms with Crippen LogP contribution in [0.2, 0.25) is 0 Å². The number of likely N-dealkylation sites (tertiary alicyclic amines) is 1. The number of ether oxygens (including phenoxy) is 2. The van der Waals surface area contributed by atoms with Crippen molar-refractivity contribution in [1.29, 1.82) is 0 Å². The van der Waals surface area contributed by atoms with Crippen molar-refractivity contribution in [3.05, 3.63) is 0 Å². The summed E-state index contributed by atoms with van der Waals surface area (Å²) in [5.74, 6) is 0.925. The van der Waals surface area contributed by atoms with E-state index in [0.29, 0.717) is 25.0 Å². The fourth-order valence-corrected chi connectivity index (χ4v) is 2.82. The molecule has 2 fully saturated rings. The molecule has 2 rings (SSSR count). The average molecular weight is 256 g/mol. The van der Waals surface area contributed by atoms with Crippen LogP contribution in [0.4, 0.5) is 4.79 Å². The molecule has 2 saturated heterocycles. The van der Waals surface area contributed by atoms with Crippen LogP contribution in [0, 0.1) is 11.8 Å². The lowest BCUT2D eigenvalue weighted by Gasteiger charge is -2.36. The largest absolute Gasteiger partial charge is 0.444 e. The molecular formula is C13H24N2O3. The first kappa shape index (κ1) is 13.6. The van der Waals surface area contributed by atoms with Crippen LogP contribution in [0.3, 0.4) is 0 Å². The van der Waals surface area contributed by atoms with E-state index in [4.69, 9.17) is 15.2 Å². The van der Waals surface area contributed by atoms with Crippen molar-refractivity contribution in [2.75, 3.05) is 26.2 Å². The fraction of sp³-hybridized carbons (Fsp3) is 0.923. The van der Waals surface area contributed by atoms with Crippen molar-refractivity contribution in [2.45, 2.75) is 38.9 Å². The molecule has 5 heteroatoms. The summed E-state index contributed by atoms with van der Waals surface area (Å²) in [5, 5.41) is 0. The van der Waals surface area contributed by atoms with Gasteiger partial charge in [0.2, 0.25) is 0 Å². The van der Waals surface area contributed by atoms with E-state index in [2.05, 4.69) is 0 Å². The van der Waals surface area contributed by atoms with Gasteiger partial charge in [-0.15, -0.1) is 0 Å². The van der Waals surface area contributed by atoms with E-state index >= 15 is 0 Å². The summed E-state index contributed by atoms with van der Waals surface area (Å²) in [6, 6.07) is 0. The molecule has 2 heterocycles. The van der Waals surface area contributed by atoms with Crippen LogP contribution in [0.5, 0.6) is 0 Å². The number of rotatable bonds is 1. The van der Waals surface area contributed by atoms with Gasteiger partial charge in [0.15, 0.2) is 0 Å².